The number of aromatic nitrogens is 3. The Morgan fingerprint density at radius 2 is 2.09 bits per heavy atom. The van der Waals surface area contributed by atoms with Crippen molar-refractivity contribution in [3.05, 3.63) is 39.6 Å². The number of hydrogen-bond donors (Lipinski definition) is 1. The Morgan fingerprint density at radius 3 is 2.79 bits per heavy atom. The summed E-state index contributed by atoms with van der Waals surface area (Å²) in [6.07, 6.45) is 8.19. The monoisotopic (exact) mass is 495 g/mol. The van der Waals surface area contributed by atoms with Crippen LogP contribution in [0.15, 0.2) is 18.5 Å². The van der Waals surface area contributed by atoms with Crippen molar-refractivity contribution in [3.8, 4) is 0 Å². The zero-order chi connectivity index (χ0) is 24.1. The first kappa shape index (κ1) is 24.9. The molecule has 4 rings (SSSR count). The standard InChI is InChI=1S/C24H32F3N5OS/c1-31-15-18(14-28-31)4-7-22(33)29-19-5-2-17(3-6-19)9-12-32-13-10-21-20(16-32)30-23(34-21)8-11-24(25,26)27/h4,7,14-15,17,19H,2-3,5-6,8-13,16H2,1H3,(H,29,33)/b7-4+/t17-,19-. The van der Waals surface area contributed by atoms with Crippen molar-refractivity contribution in [1.29, 1.82) is 0 Å². The number of halogens is 3. The van der Waals surface area contributed by atoms with Crippen LogP contribution in [-0.2, 0) is 31.2 Å². The van der Waals surface area contributed by atoms with Gasteiger partial charge >= 0.3 is 6.18 Å². The molecule has 0 saturated heterocycles. The van der Waals surface area contributed by atoms with Gasteiger partial charge in [0.25, 0.3) is 0 Å². The second-order valence-corrected chi connectivity index (χ2v) is 10.6. The number of hydrogen-bond acceptors (Lipinski definition) is 5. The Hall–Kier alpha value is -2.20. The van der Waals surface area contributed by atoms with Gasteiger partial charge in [-0.05, 0) is 57.1 Å². The second kappa shape index (κ2) is 11.0. The maximum absolute atomic E-state index is 12.5. The Bertz CT molecular complexity index is 991. The molecule has 1 aliphatic carbocycles. The molecule has 186 valence electrons. The number of nitrogens with zero attached hydrogens (tertiary/aromatic N) is 4. The molecule has 0 radical (unpaired) electrons. The van der Waals surface area contributed by atoms with Crippen LogP contribution in [0, 0.1) is 5.92 Å². The van der Waals surface area contributed by atoms with E-state index in [9.17, 15) is 18.0 Å². The van der Waals surface area contributed by atoms with Crippen LogP contribution in [0.2, 0.25) is 0 Å². The van der Waals surface area contributed by atoms with Crippen molar-refractivity contribution in [2.24, 2.45) is 13.0 Å². The lowest BCUT2D eigenvalue weighted by Gasteiger charge is -2.31. The number of fused-ring (bicyclic) bond motifs is 1. The van der Waals surface area contributed by atoms with Gasteiger partial charge in [-0.15, -0.1) is 11.3 Å². The van der Waals surface area contributed by atoms with Gasteiger partial charge in [-0.2, -0.15) is 18.3 Å². The van der Waals surface area contributed by atoms with Crippen molar-refractivity contribution in [1.82, 2.24) is 25.0 Å². The van der Waals surface area contributed by atoms with Crippen LogP contribution in [-0.4, -0.2) is 50.9 Å². The minimum absolute atomic E-state index is 0.0137. The Labute approximate surface area is 202 Å². The smallest absolute Gasteiger partial charge is 0.350 e. The summed E-state index contributed by atoms with van der Waals surface area (Å²) in [6, 6.07) is 0.227. The van der Waals surface area contributed by atoms with Gasteiger partial charge in [-0.1, -0.05) is 0 Å². The number of thiazole rings is 1. The predicted octanol–water partition coefficient (Wildman–Crippen LogP) is 4.51. The van der Waals surface area contributed by atoms with E-state index in [1.807, 2.05) is 13.2 Å². The lowest BCUT2D eigenvalue weighted by molar-refractivity contribution is -0.134. The van der Waals surface area contributed by atoms with Gasteiger partial charge < -0.3 is 5.32 Å². The summed E-state index contributed by atoms with van der Waals surface area (Å²) >= 11 is 1.45. The molecule has 10 heteroatoms. The van der Waals surface area contributed by atoms with Crippen LogP contribution in [0.5, 0.6) is 0 Å². The van der Waals surface area contributed by atoms with E-state index in [1.54, 1.807) is 23.0 Å². The molecule has 3 heterocycles. The third-order valence-corrected chi connectivity index (χ3v) is 7.89. The summed E-state index contributed by atoms with van der Waals surface area (Å²) in [6.45, 7) is 2.68. The summed E-state index contributed by atoms with van der Waals surface area (Å²) in [4.78, 5) is 20.2. The van der Waals surface area contributed by atoms with Crippen LogP contribution in [0.3, 0.4) is 0 Å². The fraction of sp³-hybridized carbons (Fsp3) is 0.625. The molecular weight excluding hydrogens is 463 g/mol. The normalized spacial score (nSPS) is 21.6. The third kappa shape index (κ3) is 7.40. The molecule has 1 aliphatic heterocycles. The highest BCUT2D eigenvalue weighted by atomic mass is 32.1. The van der Waals surface area contributed by atoms with Gasteiger partial charge in [0.05, 0.1) is 16.9 Å². The largest absolute Gasteiger partial charge is 0.389 e. The minimum Gasteiger partial charge on any atom is -0.350 e. The minimum atomic E-state index is -4.13. The zero-order valence-electron chi connectivity index (χ0n) is 19.5. The molecule has 2 aromatic heterocycles. The van der Waals surface area contributed by atoms with E-state index >= 15 is 0 Å². The van der Waals surface area contributed by atoms with Crippen LogP contribution in [0.1, 0.15) is 59.7 Å². The molecule has 0 unspecified atom stereocenters. The van der Waals surface area contributed by atoms with Gasteiger partial charge in [0.2, 0.25) is 5.91 Å². The van der Waals surface area contributed by atoms with Crippen molar-refractivity contribution in [2.45, 2.75) is 70.1 Å². The SMILES string of the molecule is Cn1cc(/C=C/C(=O)N[C@H]2CC[C@H](CCN3CCc4sc(CCC(F)(F)F)nc4C3)CC2)cn1. The summed E-state index contributed by atoms with van der Waals surface area (Å²) in [5.41, 5.74) is 1.88. The van der Waals surface area contributed by atoms with Gasteiger partial charge in [-0.25, -0.2) is 4.98 Å². The average molecular weight is 496 g/mol. The number of aryl methyl sites for hydroxylation is 2. The molecule has 1 fully saturated rings. The van der Waals surface area contributed by atoms with E-state index in [1.165, 1.54) is 11.3 Å². The van der Waals surface area contributed by atoms with Gasteiger partial charge in [0.15, 0.2) is 0 Å². The highest BCUT2D eigenvalue weighted by Crippen LogP contribution is 2.30. The van der Waals surface area contributed by atoms with Crippen LogP contribution in [0.4, 0.5) is 13.2 Å². The molecule has 0 aromatic carbocycles. The topological polar surface area (TPSA) is 63.1 Å². The maximum atomic E-state index is 12.5. The lowest BCUT2D eigenvalue weighted by atomic mass is 9.84. The number of nitrogens with one attached hydrogen (secondary N) is 1. The molecule has 2 aliphatic rings. The highest BCUT2D eigenvalue weighted by molar-refractivity contribution is 7.11. The molecule has 0 atom stereocenters. The summed E-state index contributed by atoms with van der Waals surface area (Å²) in [5, 5.41) is 7.81. The van der Waals surface area contributed by atoms with Crippen molar-refractivity contribution < 1.29 is 18.0 Å². The highest BCUT2D eigenvalue weighted by Gasteiger charge is 2.29. The fourth-order valence-electron chi connectivity index (χ4n) is 4.76. The second-order valence-electron chi connectivity index (χ2n) is 9.41. The Balaban J connectivity index is 1.15. The molecule has 1 N–H and O–H groups in total. The van der Waals surface area contributed by atoms with E-state index in [0.717, 1.165) is 74.3 Å². The van der Waals surface area contributed by atoms with E-state index in [2.05, 4.69) is 20.3 Å². The third-order valence-electron chi connectivity index (χ3n) is 6.67. The number of rotatable bonds is 8. The quantitative estimate of drug-likeness (QED) is 0.548. The average Bonchev–Trinajstić information content (AvgIpc) is 3.40. The van der Waals surface area contributed by atoms with Crippen molar-refractivity contribution in [3.63, 3.8) is 0 Å². The van der Waals surface area contributed by atoms with E-state index in [0.29, 0.717) is 10.9 Å². The van der Waals surface area contributed by atoms with Gasteiger partial charge in [0.1, 0.15) is 0 Å². The molecule has 0 spiro atoms. The molecule has 2 aromatic rings. The molecule has 1 amide bonds. The molecule has 0 bridgehead atoms. The number of carbonyl (C=O) groups is 1. The Morgan fingerprint density at radius 1 is 1.29 bits per heavy atom. The first-order valence-electron chi connectivity index (χ1n) is 12.0. The summed E-state index contributed by atoms with van der Waals surface area (Å²) < 4.78 is 39.2. The maximum Gasteiger partial charge on any atom is 0.389 e. The van der Waals surface area contributed by atoms with E-state index < -0.39 is 12.6 Å². The van der Waals surface area contributed by atoms with Gasteiger partial charge in [-0.3, -0.25) is 14.4 Å². The number of alkyl halides is 3. The van der Waals surface area contributed by atoms with E-state index in [4.69, 9.17) is 0 Å². The summed E-state index contributed by atoms with van der Waals surface area (Å²) in [7, 11) is 1.84. The first-order valence-corrected chi connectivity index (χ1v) is 12.8. The lowest BCUT2D eigenvalue weighted by Crippen LogP contribution is -2.37. The van der Waals surface area contributed by atoms with Crippen molar-refractivity contribution in [2.75, 3.05) is 13.1 Å². The van der Waals surface area contributed by atoms with Crippen LogP contribution < -0.4 is 5.32 Å². The first-order chi connectivity index (χ1) is 16.2. The molecular formula is C24H32F3N5OS. The summed E-state index contributed by atoms with van der Waals surface area (Å²) in [5.74, 6) is 0.590. The van der Waals surface area contributed by atoms with Crippen LogP contribution in [0.25, 0.3) is 6.08 Å². The van der Waals surface area contributed by atoms with Crippen molar-refractivity contribution >= 4 is 23.3 Å². The van der Waals surface area contributed by atoms with Crippen LogP contribution >= 0.6 is 11.3 Å². The molecule has 1 saturated carbocycles. The van der Waals surface area contributed by atoms with Gasteiger partial charge in [0, 0.05) is 61.7 Å². The Kier molecular flexibility index (Phi) is 8.08. The predicted molar refractivity (Wildman–Crippen MR) is 126 cm³/mol. The zero-order valence-corrected chi connectivity index (χ0v) is 20.3. The molecule has 6 nitrogen and oxygen atoms in total. The number of carbonyl (C=O) groups excluding carboxylic acids is 1. The number of amides is 1. The fourth-order valence-corrected chi connectivity index (χ4v) is 5.83. The van der Waals surface area contributed by atoms with E-state index in [-0.39, 0.29) is 18.4 Å². The molecule has 34 heavy (non-hydrogen) atoms.